The molecule has 2 N–H and O–H groups in total. The Morgan fingerprint density at radius 3 is 3.11 bits per heavy atom. The van der Waals surface area contributed by atoms with Crippen molar-refractivity contribution in [1.82, 2.24) is 9.97 Å². The van der Waals surface area contributed by atoms with E-state index in [1.165, 1.54) is 11.8 Å². The Kier molecular flexibility index (Phi) is 2.64. The molecule has 5 nitrogen and oxygen atoms in total. The van der Waals surface area contributed by atoms with E-state index in [-0.39, 0.29) is 5.91 Å². The van der Waals surface area contributed by atoms with Crippen LogP contribution in [0.2, 0.25) is 0 Å². The highest BCUT2D eigenvalue weighted by molar-refractivity contribution is 6.04. The Hall–Kier alpha value is -2.43. The summed E-state index contributed by atoms with van der Waals surface area (Å²) in [5.74, 6) is 0.298. The van der Waals surface area contributed by atoms with E-state index in [0.717, 1.165) is 18.7 Å². The van der Waals surface area contributed by atoms with Gasteiger partial charge in [0.25, 0.3) is 5.91 Å². The smallest absolute Gasteiger partial charge is 0.256 e. The number of hydrogen-bond donors (Lipinski definition) is 2. The van der Waals surface area contributed by atoms with E-state index in [2.05, 4.69) is 20.6 Å². The van der Waals surface area contributed by atoms with E-state index >= 15 is 0 Å². The fourth-order valence-corrected chi connectivity index (χ4v) is 2.00. The molecule has 1 aromatic heterocycles. The molecule has 0 saturated heterocycles. The first-order valence-electron chi connectivity index (χ1n) is 5.77. The number of carbonyl (C=O) groups excluding carboxylic acids is 1. The van der Waals surface area contributed by atoms with Gasteiger partial charge in [0.15, 0.2) is 5.82 Å². The van der Waals surface area contributed by atoms with E-state index in [0.29, 0.717) is 11.4 Å². The average molecular weight is 240 g/mol. The summed E-state index contributed by atoms with van der Waals surface area (Å²) in [5, 5.41) is 5.98. The maximum atomic E-state index is 12.0. The Morgan fingerprint density at radius 2 is 2.28 bits per heavy atom. The van der Waals surface area contributed by atoms with Gasteiger partial charge in [0, 0.05) is 30.2 Å². The summed E-state index contributed by atoms with van der Waals surface area (Å²) < 4.78 is 0. The fourth-order valence-electron chi connectivity index (χ4n) is 2.00. The third-order valence-electron chi connectivity index (χ3n) is 2.88. The molecule has 2 aromatic rings. The number of fused-ring (bicyclic) bond motifs is 1. The van der Waals surface area contributed by atoms with Crippen LogP contribution in [-0.2, 0) is 6.42 Å². The van der Waals surface area contributed by atoms with E-state index in [1.807, 2.05) is 18.2 Å². The van der Waals surface area contributed by atoms with Gasteiger partial charge in [-0.05, 0) is 30.2 Å². The Balaban J connectivity index is 1.81. The lowest BCUT2D eigenvalue weighted by Crippen LogP contribution is -2.13. The van der Waals surface area contributed by atoms with Gasteiger partial charge in [0.2, 0.25) is 0 Å². The van der Waals surface area contributed by atoms with Crippen LogP contribution in [0.15, 0.2) is 36.8 Å². The average Bonchev–Trinajstić information content (AvgIpc) is 2.87. The number of aromatic nitrogens is 2. The quantitative estimate of drug-likeness (QED) is 0.838. The molecule has 1 aromatic carbocycles. The standard InChI is InChI=1S/C13H12N4O/c18-13(17-12-8-14-5-6-16-12)10-1-2-11-9(7-10)3-4-15-11/h1-2,5-8,15H,3-4H2,(H,16,17,18). The highest BCUT2D eigenvalue weighted by Crippen LogP contribution is 2.23. The van der Waals surface area contributed by atoms with Crippen molar-refractivity contribution in [3.05, 3.63) is 47.9 Å². The van der Waals surface area contributed by atoms with Gasteiger partial charge in [-0.2, -0.15) is 0 Å². The predicted molar refractivity (Wildman–Crippen MR) is 68.6 cm³/mol. The molecule has 5 heteroatoms. The molecule has 1 amide bonds. The van der Waals surface area contributed by atoms with Crippen LogP contribution < -0.4 is 10.6 Å². The number of benzene rings is 1. The highest BCUT2D eigenvalue weighted by Gasteiger charge is 2.13. The molecule has 18 heavy (non-hydrogen) atoms. The Labute approximate surface area is 104 Å². The topological polar surface area (TPSA) is 66.9 Å². The minimum absolute atomic E-state index is 0.162. The van der Waals surface area contributed by atoms with E-state index in [9.17, 15) is 4.79 Å². The van der Waals surface area contributed by atoms with Gasteiger partial charge in [-0.1, -0.05) is 0 Å². The molecule has 0 saturated carbocycles. The summed E-state index contributed by atoms with van der Waals surface area (Å²) in [6.07, 6.45) is 5.59. The van der Waals surface area contributed by atoms with Gasteiger partial charge in [0.1, 0.15) is 0 Å². The van der Waals surface area contributed by atoms with E-state index < -0.39 is 0 Å². The molecule has 0 atom stereocenters. The van der Waals surface area contributed by atoms with Crippen LogP contribution in [0.25, 0.3) is 0 Å². The van der Waals surface area contributed by atoms with E-state index in [4.69, 9.17) is 0 Å². The summed E-state index contributed by atoms with van der Waals surface area (Å²) >= 11 is 0. The normalized spacial score (nSPS) is 12.7. The van der Waals surface area contributed by atoms with Gasteiger partial charge in [0.05, 0.1) is 6.20 Å². The Morgan fingerprint density at radius 1 is 1.33 bits per heavy atom. The third-order valence-corrected chi connectivity index (χ3v) is 2.88. The molecule has 1 aliphatic rings. The van der Waals surface area contributed by atoms with Crippen molar-refractivity contribution >= 4 is 17.4 Å². The molecular formula is C13H12N4O. The number of nitrogens with zero attached hydrogens (tertiary/aromatic N) is 2. The molecular weight excluding hydrogens is 228 g/mol. The van der Waals surface area contributed by atoms with Crippen molar-refractivity contribution in [2.24, 2.45) is 0 Å². The number of hydrogen-bond acceptors (Lipinski definition) is 4. The van der Waals surface area contributed by atoms with Gasteiger partial charge in [-0.3, -0.25) is 9.78 Å². The summed E-state index contributed by atoms with van der Waals surface area (Å²) in [6, 6.07) is 5.66. The van der Waals surface area contributed by atoms with Crippen LogP contribution in [0.3, 0.4) is 0 Å². The highest BCUT2D eigenvalue weighted by atomic mass is 16.1. The molecule has 1 aliphatic heterocycles. The molecule has 0 aliphatic carbocycles. The zero-order valence-electron chi connectivity index (χ0n) is 9.68. The van der Waals surface area contributed by atoms with Crippen molar-refractivity contribution in [3.8, 4) is 0 Å². The second kappa shape index (κ2) is 4.44. The summed E-state index contributed by atoms with van der Waals surface area (Å²) in [5.41, 5.74) is 2.94. The van der Waals surface area contributed by atoms with Crippen LogP contribution in [0, 0.1) is 0 Å². The fraction of sp³-hybridized carbons (Fsp3) is 0.154. The van der Waals surface area contributed by atoms with Crippen LogP contribution >= 0.6 is 0 Å². The molecule has 0 spiro atoms. The summed E-state index contributed by atoms with van der Waals surface area (Å²) in [4.78, 5) is 19.9. The number of amides is 1. The first-order valence-corrected chi connectivity index (χ1v) is 5.77. The third kappa shape index (κ3) is 2.02. The van der Waals surface area contributed by atoms with Gasteiger partial charge < -0.3 is 10.6 Å². The van der Waals surface area contributed by atoms with Crippen molar-refractivity contribution in [3.63, 3.8) is 0 Å². The predicted octanol–water partition coefficient (Wildman–Crippen LogP) is 1.70. The minimum atomic E-state index is -0.162. The van der Waals surface area contributed by atoms with Gasteiger partial charge in [-0.25, -0.2) is 4.98 Å². The number of rotatable bonds is 2. The lowest BCUT2D eigenvalue weighted by atomic mass is 10.1. The second-order valence-corrected chi connectivity index (χ2v) is 4.09. The van der Waals surface area contributed by atoms with Crippen LogP contribution in [0.4, 0.5) is 11.5 Å². The Bertz CT molecular complexity index is 583. The largest absolute Gasteiger partial charge is 0.384 e. The van der Waals surface area contributed by atoms with Crippen LogP contribution in [-0.4, -0.2) is 22.4 Å². The SMILES string of the molecule is O=C(Nc1cnccn1)c1ccc2c(c1)CCN2. The molecule has 0 fully saturated rings. The summed E-state index contributed by atoms with van der Waals surface area (Å²) in [7, 11) is 0. The van der Waals surface area contributed by atoms with E-state index in [1.54, 1.807) is 12.4 Å². The van der Waals surface area contributed by atoms with Crippen LogP contribution in [0.1, 0.15) is 15.9 Å². The maximum absolute atomic E-state index is 12.0. The summed E-state index contributed by atoms with van der Waals surface area (Å²) in [6.45, 7) is 0.935. The first-order chi connectivity index (χ1) is 8.83. The van der Waals surface area contributed by atoms with Crippen molar-refractivity contribution in [1.29, 1.82) is 0 Å². The number of anilines is 2. The van der Waals surface area contributed by atoms with Crippen molar-refractivity contribution in [2.45, 2.75) is 6.42 Å². The molecule has 0 radical (unpaired) electrons. The zero-order valence-corrected chi connectivity index (χ0v) is 9.68. The van der Waals surface area contributed by atoms with Crippen molar-refractivity contribution < 1.29 is 4.79 Å². The molecule has 0 unspecified atom stereocenters. The lowest BCUT2D eigenvalue weighted by Gasteiger charge is -2.05. The van der Waals surface area contributed by atoms with Crippen LogP contribution in [0.5, 0.6) is 0 Å². The number of carbonyl (C=O) groups is 1. The molecule has 90 valence electrons. The second-order valence-electron chi connectivity index (χ2n) is 4.09. The number of nitrogens with one attached hydrogen (secondary N) is 2. The molecule has 0 bridgehead atoms. The monoisotopic (exact) mass is 240 g/mol. The lowest BCUT2D eigenvalue weighted by molar-refractivity contribution is 0.102. The maximum Gasteiger partial charge on any atom is 0.256 e. The van der Waals surface area contributed by atoms with Crippen molar-refractivity contribution in [2.75, 3.05) is 17.2 Å². The zero-order chi connectivity index (χ0) is 12.4. The van der Waals surface area contributed by atoms with Gasteiger partial charge in [-0.15, -0.1) is 0 Å². The van der Waals surface area contributed by atoms with Gasteiger partial charge >= 0.3 is 0 Å². The molecule has 2 heterocycles. The first kappa shape index (κ1) is 10.7. The molecule has 3 rings (SSSR count). The minimum Gasteiger partial charge on any atom is -0.384 e.